The predicted molar refractivity (Wildman–Crippen MR) is 229 cm³/mol. The van der Waals surface area contributed by atoms with Gasteiger partial charge in [0.2, 0.25) is 0 Å². The smallest absolute Gasteiger partial charge is 0.362 e. The number of carbonyl (C=O) groups excluding carboxylic acids is 2. The third-order valence-electron chi connectivity index (χ3n) is 10.0. The van der Waals surface area contributed by atoms with Crippen molar-refractivity contribution in [2.24, 2.45) is 0 Å². The molecular formula is C47H86NO7+. The normalized spacial score (nSPS) is 13.3. The van der Waals surface area contributed by atoms with E-state index in [1.807, 2.05) is 21.1 Å². The van der Waals surface area contributed by atoms with E-state index in [1.54, 1.807) is 0 Å². The van der Waals surface area contributed by atoms with E-state index in [1.165, 1.54) is 116 Å². The molecule has 0 aliphatic heterocycles. The molecule has 0 aromatic rings. The number of carbonyl (C=O) groups is 3. The highest BCUT2D eigenvalue weighted by atomic mass is 16.6. The van der Waals surface area contributed by atoms with Gasteiger partial charge in [-0.3, -0.25) is 9.59 Å². The topological polar surface area (TPSA) is 99.1 Å². The van der Waals surface area contributed by atoms with Gasteiger partial charge in [-0.05, 0) is 44.9 Å². The molecule has 2 atom stereocenters. The minimum Gasteiger partial charge on any atom is -0.477 e. The average Bonchev–Trinajstić information content (AvgIpc) is 3.14. The monoisotopic (exact) mass is 777 g/mol. The molecule has 0 heterocycles. The number of quaternary nitrogens is 1. The van der Waals surface area contributed by atoms with Crippen LogP contribution in [0.2, 0.25) is 0 Å². The van der Waals surface area contributed by atoms with Gasteiger partial charge in [0.05, 0.1) is 34.4 Å². The molecule has 0 radical (unpaired) electrons. The van der Waals surface area contributed by atoms with Crippen molar-refractivity contribution in [2.75, 3.05) is 41.0 Å². The molecule has 0 rings (SSSR count). The van der Waals surface area contributed by atoms with Gasteiger partial charge in [-0.15, -0.1) is 0 Å². The van der Waals surface area contributed by atoms with Crippen LogP contribution in [0.15, 0.2) is 36.5 Å². The van der Waals surface area contributed by atoms with Crippen molar-refractivity contribution < 1.29 is 38.2 Å². The summed E-state index contributed by atoms with van der Waals surface area (Å²) in [6.45, 7) is 4.69. The van der Waals surface area contributed by atoms with Gasteiger partial charge in [0, 0.05) is 19.3 Å². The molecular weight excluding hydrogens is 691 g/mol. The molecule has 0 bridgehead atoms. The molecule has 2 unspecified atom stereocenters. The third kappa shape index (κ3) is 36.9. The highest BCUT2D eigenvalue weighted by Gasteiger charge is 2.31. The van der Waals surface area contributed by atoms with Crippen LogP contribution in [0, 0.1) is 0 Å². The predicted octanol–water partition coefficient (Wildman–Crippen LogP) is 12.2. The van der Waals surface area contributed by atoms with Crippen molar-refractivity contribution in [3.05, 3.63) is 36.5 Å². The van der Waals surface area contributed by atoms with E-state index in [4.69, 9.17) is 14.2 Å². The van der Waals surface area contributed by atoms with Crippen molar-refractivity contribution in [3.8, 4) is 0 Å². The van der Waals surface area contributed by atoms with E-state index >= 15 is 0 Å². The second-order valence-corrected chi connectivity index (χ2v) is 16.3. The molecule has 8 heteroatoms. The number of allylic oxidation sites excluding steroid dienone is 6. The Bertz CT molecular complexity index is 1000. The highest BCUT2D eigenvalue weighted by Crippen LogP contribution is 2.15. The summed E-state index contributed by atoms with van der Waals surface area (Å²) >= 11 is 0. The fourth-order valence-corrected chi connectivity index (χ4v) is 6.52. The molecule has 0 saturated carbocycles. The van der Waals surface area contributed by atoms with Gasteiger partial charge in [0.15, 0.2) is 12.1 Å². The van der Waals surface area contributed by atoms with E-state index in [9.17, 15) is 19.5 Å². The van der Waals surface area contributed by atoms with Crippen LogP contribution < -0.4 is 0 Å². The van der Waals surface area contributed by atoms with E-state index in [0.29, 0.717) is 19.3 Å². The molecule has 0 spiro atoms. The van der Waals surface area contributed by atoms with Crippen molar-refractivity contribution in [1.29, 1.82) is 0 Å². The Balaban J connectivity index is 4.40. The molecule has 55 heavy (non-hydrogen) atoms. The Hall–Kier alpha value is -2.45. The van der Waals surface area contributed by atoms with Crippen LogP contribution in [0.1, 0.15) is 194 Å². The lowest BCUT2D eigenvalue weighted by molar-refractivity contribution is -0.887. The summed E-state index contributed by atoms with van der Waals surface area (Å²) in [6, 6.07) is -0.620. The van der Waals surface area contributed by atoms with Crippen LogP contribution in [0.3, 0.4) is 0 Å². The van der Waals surface area contributed by atoms with E-state index < -0.39 is 18.1 Å². The molecule has 8 nitrogen and oxygen atoms in total. The summed E-state index contributed by atoms with van der Waals surface area (Å²) in [6.07, 6.45) is 43.3. The quantitative estimate of drug-likeness (QED) is 0.0286. The Morgan fingerprint density at radius 3 is 1.47 bits per heavy atom. The van der Waals surface area contributed by atoms with Gasteiger partial charge >= 0.3 is 17.9 Å². The second kappa shape index (κ2) is 38.4. The zero-order valence-electron chi connectivity index (χ0n) is 36.4. The minimum absolute atomic E-state index is 0.0480. The standard InChI is InChI=1S/C47H85NO7/c1-6-8-10-12-14-16-18-20-22-23-24-26-27-29-31-33-35-37-45(49)54-42-43(41-53-40-39-44(47(51)52)48(3,4)5)55-46(50)38-36-34-32-30-28-25-21-19-17-15-13-11-9-7-2/h20,22,24,26,29,31,43-44H,6-19,21,23,25,27-28,30,32-42H2,1-5H3/p+1/b22-20+,26-24+,31-29+. The lowest BCUT2D eigenvalue weighted by Gasteiger charge is -2.31. The number of ether oxygens (including phenoxy) is 3. The average molecular weight is 777 g/mol. The Morgan fingerprint density at radius 2 is 0.982 bits per heavy atom. The molecule has 0 aliphatic carbocycles. The maximum Gasteiger partial charge on any atom is 0.362 e. The number of likely N-dealkylation sites (N-methyl/N-ethyl adjacent to an activating group) is 1. The van der Waals surface area contributed by atoms with Gasteiger partial charge in [0.1, 0.15) is 6.61 Å². The van der Waals surface area contributed by atoms with Gasteiger partial charge in [-0.1, -0.05) is 166 Å². The van der Waals surface area contributed by atoms with Gasteiger partial charge in [-0.25, -0.2) is 4.79 Å². The van der Waals surface area contributed by atoms with Gasteiger partial charge in [0.25, 0.3) is 0 Å². The SMILES string of the molecule is CCCCCCCC/C=C/C/C=C/C/C=C/CCCC(=O)OCC(COCCC(C(=O)O)[N+](C)(C)C)OC(=O)CCCCCCCCCCCCCCCC. The van der Waals surface area contributed by atoms with E-state index in [2.05, 4.69) is 50.3 Å². The van der Waals surface area contributed by atoms with Gasteiger partial charge < -0.3 is 23.8 Å². The minimum atomic E-state index is -0.880. The largest absolute Gasteiger partial charge is 0.477 e. The molecule has 320 valence electrons. The summed E-state index contributed by atoms with van der Waals surface area (Å²) in [7, 11) is 5.51. The third-order valence-corrected chi connectivity index (χ3v) is 10.0. The Kier molecular flexibility index (Phi) is 36.7. The molecule has 0 fully saturated rings. The first-order chi connectivity index (χ1) is 26.6. The fourth-order valence-electron chi connectivity index (χ4n) is 6.52. The van der Waals surface area contributed by atoms with Crippen LogP contribution in [-0.2, 0) is 28.6 Å². The Morgan fingerprint density at radius 1 is 0.545 bits per heavy atom. The van der Waals surface area contributed by atoms with E-state index in [0.717, 1.165) is 38.5 Å². The number of rotatable bonds is 40. The number of nitrogens with zero attached hydrogens (tertiary/aromatic N) is 1. The van der Waals surface area contributed by atoms with Crippen molar-refractivity contribution >= 4 is 17.9 Å². The molecule has 0 saturated heterocycles. The lowest BCUT2D eigenvalue weighted by atomic mass is 10.0. The Labute approximate surface area is 338 Å². The zero-order valence-corrected chi connectivity index (χ0v) is 36.4. The number of unbranched alkanes of at least 4 members (excludes halogenated alkanes) is 20. The first kappa shape index (κ1) is 52.6. The molecule has 0 aromatic heterocycles. The van der Waals surface area contributed by atoms with Crippen LogP contribution in [-0.4, -0.2) is 80.6 Å². The van der Waals surface area contributed by atoms with Crippen LogP contribution in [0.5, 0.6) is 0 Å². The highest BCUT2D eigenvalue weighted by molar-refractivity contribution is 5.72. The summed E-state index contributed by atoms with van der Waals surface area (Å²) in [5.41, 5.74) is 0. The molecule has 0 aromatic carbocycles. The number of hydrogen-bond donors (Lipinski definition) is 1. The lowest BCUT2D eigenvalue weighted by Crippen LogP contribution is -2.50. The number of carboxylic acids is 1. The van der Waals surface area contributed by atoms with Crippen LogP contribution in [0.25, 0.3) is 0 Å². The second-order valence-electron chi connectivity index (χ2n) is 16.3. The van der Waals surface area contributed by atoms with E-state index in [-0.39, 0.29) is 42.7 Å². The van der Waals surface area contributed by atoms with Crippen LogP contribution in [0.4, 0.5) is 0 Å². The summed E-state index contributed by atoms with van der Waals surface area (Å²) < 4.78 is 17.2. The van der Waals surface area contributed by atoms with Gasteiger partial charge in [-0.2, -0.15) is 0 Å². The molecule has 1 N–H and O–H groups in total. The van der Waals surface area contributed by atoms with Crippen LogP contribution >= 0.6 is 0 Å². The summed E-state index contributed by atoms with van der Waals surface area (Å²) in [5, 5.41) is 9.61. The first-order valence-electron chi connectivity index (χ1n) is 22.5. The fraction of sp³-hybridized carbons (Fsp3) is 0.809. The molecule has 0 aliphatic rings. The zero-order chi connectivity index (χ0) is 40.7. The van der Waals surface area contributed by atoms with Crippen molar-refractivity contribution in [1.82, 2.24) is 0 Å². The van der Waals surface area contributed by atoms with Crippen molar-refractivity contribution in [2.45, 2.75) is 206 Å². The maximum atomic E-state index is 12.7. The number of aliphatic carboxylic acids is 1. The molecule has 0 amide bonds. The summed E-state index contributed by atoms with van der Waals surface area (Å²) in [5.74, 6) is -1.53. The van der Waals surface area contributed by atoms with Crippen molar-refractivity contribution in [3.63, 3.8) is 0 Å². The first-order valence-corrected chi connectivity index (χ1v) is 22.5. The number of esters is 2. The summed E-state index contributed by atoms with van der Waals surface area (Å²) in [4.78, 5) is 36.9. The number of hydrogen-bond acceptors (Lipinski definition) is 6. The maximum absolute atomic E-state index is 12.7. The number of carboxylic acid groups (broad SMARTS) is 1.